The van der Waals surface area contributed by atoms with Gasteiger partial charge in [0, 0.05) is 19.3 Å². The van der Waals surface area contributed by atoms with Gasteiger partial charge in [0.25, 0.3) is 5.91 Å². The maximum atomic E-state index is 11.8. The molecule has 1 aromatic heterocycles. The first-order chi connectivity index (χ1) is 8.29. The van der Waals surface area contributed by atoms with Crippen LogP contribution in [0.25, 0.3) is 0 Å². The number of hydrogen-bond acceptors (Lipinski definition) is 4. The number of hydrogen-bond donors (Lipinski definition) is 2. The summed E-state index contributed by atoms with van der Waals surface area (Å²) in [5, 5.41) is 11.4. The highest BCUT2D eigenvalue weighted by atomic mass is 16.5. The Morgan fingerprint density at radius 2 is 2.29 bits per heavy atom. The van der Waals surface area contributed by atoms with Crippen LogP contribution >= 0.6 is 0 Å². The van der Waals surface area contributed by atoms with E-state index < -0.39 is 0 Å². The van der Waals surface area contributed by atoms with Crippen molar-refractivity contribution in [2.75, 3.05) is 20.3 Å². The number of aliphatic hydroxyl groups is 1. The van der Waals surface area contributed by atoms with Gasteiger partial charge in [-0.1, -0.05) is 0 Å². The van der Waals surface area contributed by atoms with E-state index in [2.05, 4.69) is 10.3 Å². The number of nitrogens with zero attached hydrogens (tertiary/aromatic N) is 1. The van der Waals surface area contributed by atoms with Crippen molar-refractivity contribution in [3.8, 4) is 5.75 Å². The molecule has 0 aliphatic carbocycles. The molecule has 0 fully saturated rings. The fraction of sp³-hybridized carbons (Fsp3) is 0.500. The van der Waals surface area contributed by atoms with Gasteiger partial charge in [-0.25, -0.2) is 0 Å². The lowest BCUT2D eigenvalue weighted by Crippen LogP contribution is -2.25. The van der Waals surface area contributed by atoms with Crippen LogP contribution in [0, 0.1) is 0 Å². The smallest absolute Gasteiger partial charge is 0.255 e. The zero-order valence-corrected chi connectivity index (χ0v) is 9.98. The van der Waals surface area contributed by atoms with Crippen molar-refractivity contribution in [1.29, 1.82) is 0 Å². The van der Waals surface area contributed by atoms with Crippen LogP contribution in [0.1, 0.15) is 29.6 Å². The number of aliphatic hydroxyl groups excluding tert-OH is 1. The number of aromatic nitrogens is 1. The van der Waals surface area contributed by atoms with E-state index in [0.29, 0.717) is 17.9 Å². The fourth-order valence-electron chi connectivity index (χ4n) is 1.44. The molecule has 17 heavy (non-hydrogen) atoms. The summed E-state index contributed by atoms with van der Waals surface area (Å²) in [6.45, 7) is 0.802. The van der Waals surface area contributed by atoms with Crippen molar-refractivity contribution in [1.82, 2.24) is 10.3 Å². The molecule has 0 bridgehead atoms. The quantitative estimate of drug-likeness (QED) is 0.695. The molecule has 0 unspecified atom stereocenters. The Bertz CT molecular complexity index is 355. The lowest BCUT2D eigenvalue weighted by atomic mass is 10.2. The maximum Gasteiger partial charge on any atom is 0.255 e. The molecule has 0 atom stereocenters. The van der Waals surface area contributed by atoms with Crippen LogP contribution in [-0.2, 0) is 0 Å². The van der Waals surface area contributed by atoms with Gasteiger partial charge in [-0.3, -0.25) is 9.78 Å². The van der Waals surface area contributed by atoms with Crippen molar-refractivity contribution in [3.05, 3.63) is 24.0 Å². The Kier molecular flexibility index (Phi) is 6.03. The molecule has 2 N–H and O–H groups in total. The van der Waals surface area contributed by atoms with Crippen molar-refractivity contribution >= 4 is 5.91 Å². The van der Waals surface area contributed by atoms with E-state index in [1.807, 2.05) is 0 Å². The average Bonchev–Trinajstić information content (AvgIpc) is 2.38. The predicted molar refractivity (Wildman–Crippen MR) is 64.1 cm³/mol. The summed E-state index contributed by atoms with van der Waals surface area (Å²) in [6.07, 6.45) is 5.61. The van der Waals surface area contributed by atoms with Gasteiger partial charge in [-0.05, 0) is 25.3 Å². The average molecular weight is 238 g/mol. The largest absolute Gasteiger partial charge is 0.494 e. The van der Waals surface area contributed by atoms with Crippen molar-refractivity contribution in [2.24, 2.45) is 0 Å². The van der Waals surface area contributed by atoms with Gasteiger partial charge in [-0.15, -0.1) is 0 Å². The van der Waals surface area contributed by atoms with Gasteiger partial charge in [0.15, 0.2) is 0 Å². The predicted octanol–water partition coefficient (Wildman–Crippen LogP) is 0.983. The van der Waals surface area contributed by atoms with Crippen molar-refractivity contribution in [2.45, 2.75) is 19.3 Å². The number of carbonyl (C=O) groups is 1. The first-order valence-corrected chi connectivity index (χ1v) is 5.66. The molecule has 0 aromatic carbocycles. The molecule has 0 aliphatic rings. The molecule has 0 aliphatic heterocycles. The molecule has 94 valence electrons. The third-order valence-electron chi connectivity index (χ3n) is 2.37. The number of methoxy groups -OCH3 is 1. The van der Waals surface area contributed by atoms with Crippen LogP contribution in [0.4, 0.5) is 0 Å². The summed E-state index contributed by atoms with van der Waals surface area (Å²) in [5.41, 5.74) is 0.490. The van der Waals surface area contributed by atoms with Gasteiger partial charge in [0.1, 0.15) is 5.75 Å². The number of nitrogens with one attached hydrogen (secondary N) is 1. The van der Waals surface area contributed by atoms with Gasteiger partial charge >= 0.3 is 0 Å². The standard InChI is InChI=1S/C12H18N2O3/c1-17-11-9-13-7-5-10(11)12(16)14-6-3-2-4-8-15/h5,7,9,15H,2-4,6,8H2,1H3,(H,14,16). The highest BCUT2D eigenvalue weighted by Gasteiger charge is 2.10. The number of rotatable bonds is 7. The number of carbonyl (C=O) groups excluding carboxylic acids is 1. The second kappa shape index (κ2) is 7.62. The maximum absolute atomic E-state index is 11.8. The number of pyridine rings is 1. The number of ether oxygens (including phenoxy) is 1. The van der Waals surface area contributed by atoms with E-state index in [4.69, 9.17) is 9.84 Å². The second-order valence-electron chi connectivity index (χ2n) is 3.62. The van der Waals surface area contributed by atoms with Crippen LogP contribution in [0.5, 0.6) is 5.75 Å². The van der Waals surface area contributed by atoms with Gasteiger partial charge in [0.2, 0.25) is 0 Å². The Labute approximate surface area is 101 Å². The Morgan fingerprint density at radius 1 is 1.47 bits per heavy atom. The van der Waals surface area contributed by atoms with Gasteiger partial charge in [-0.2, -0.15) is 0 Å². The van der Waals surface area contributed by atoms with Crippen LogP contribution in [-0.4, -0.2) is 36.3 Å². The zero-order chi connectivity index (χ0) is 12.5. The Hall–Kier alpha value is -1.62. The summed E-state index contributed by atoms with van der Waals surface area (Å²) < 4.78 is 5.05. The van der Waals surface area contributed by atoms with Crippen molar-refractivity contribution in [3.63, 3.8) is 0 Å². The van der Waals surface area contributed by atoms with E-state index in [9.17, 15) is 4.79 Å². The van der Waals surface area contributed by atoms with Crippen LogP contribution in [0.15, 0.2) is 18.5 Å². The molecule has 0 saturated heterocycles. The zero-order valence-electron chi connectivity index (χ0n) is 9.98. The normalized spacial score (nSPS) is 10.0. The third kappa shape index (κ3) is 4.40. The molecular weight excluding hydrogens is 220 g/mol. The molecule has 1 heterocycles. The van der Waals surface area contributed by atoms with Crippen LogP contribution in [0.3, 0.4) is 0 Å². The minimum atomic E-state index is -0.159. The van der Waals surface area contributed by atoms with E-state index >= 15 is 0 Å². The van der Waals surface area contributed by atoms with Crippen LogP contribution < -0.4 is 10.1 Å². The summed E-state index contributed by atoms with van der Waals surface area (Å²) in [5.74, 6) is 0.314. The topological polar surface area (TPSA) is 71.5 Å². The summed E-state index contributed by atoms with van der Waals surface area (Å²) >= 11 is 0. The SMILES string of the molecule is COc1cnccc1C(=O)NCCCCCO. The van der Waals surface area contributed by atoms with Gasteiger partial charge < -0.3 is 15.2 Å². The molecular formula is C12H18N2O3. The lowest BCUT2D eigenvalue weighted by molar-refractivity contribution is 0.0949. The highest BCUT2D eigenvalue weighted by molar-refractivity contribution is 5.96. The van der Waals surface area contributed by atoms with Crippen molar-refractivity contribution < 1.29 is 14.6 Å². The monoisotopic (exact) mass is 238 g/mol. The Morgan fingerprint density at radius 3 is 3.00 bits per heavy atom. The number of unbranched alkanes of at least 4 members (excludes halogenated alkanes) is 2. The minimum Gasteiger partial charge on any atom is -0.494 e. The number of amides is 1. The van der Waals surface area contributed by atoms with Gasteiger partial charge in [0.05, 0.1) is 18.9 Å². The van der Waals surface area contributed by atoms with E-state index in [0.717, 1.165) is 19.3 Å². The first-order valence-electron chi connectivity index (χ1n) is 5.66. The van der Waals surface area contributed by atoms with E-state index in [1.165, 1.54) is 13.3 Å². The second-order valence-corrected chi connectivity index (χ2v) is 3.62. The fourth-order valence-corrected chi connectivity index (χ4v) is 1.44. The van der Waals surface area contributed by atoms with E-state index in [1.54, 1.807) is 12.3 Å². The summed E-state index contributed by atoms with van der Waals surface area (Å²) in [6, 6.07) is 1.63. The van der Waals surface area contributed by atoms with E-state index in [-0.39, 0.29) is 12.5 Å². The third-order valence-corrected chi connectivity index (χ3v) is 2.37. The van der Waals surface area contributed by atoms with Crippen LogP contribution in [0.2, 0.25) is 0 Å². The summed E-state index contributed by atoms with van der Waals surface area (Å²) in [7, 11) is 1.51. The molecule has 1 rings (SSSR count). The summed E-state index contributed by atoms with van der Waals surface area (Å²) in [4.78, 5) is 15.7. The lowest BCUT2D eigenvalue weighted by Gasteiger charge is -2.08. The minimum absolute atomic E-state index is 0.159. The Balaban J connectivity index is 2.41. The molecule has 0 radical (unpaired) electrons. The molecule has 0 spiro atoms. The highest BCUT2D eigenvalue weighted by Crippen LogP contribution is 2.15. The molecule has 1 aromatic rings. The molecule has 1 amide bonds. The molecule has 5 nitrogen and oxygen atoms in total. The molecule has 0 saturated carbocycles. The first kappa shape index (κ1) is 13.4. The molecule has 5 heteroatoms.